The molecule has 0 heterocycles. The molecule has 4 atom stereocenters. The van der Waals surface area contributed by atoms with Gasteiger partial charge >= 0.3 is 0 Å². The van der Waals surface area contributed by atoms with Crippen LogP contribution in [0.3, 0.4) is 0 Å². The molecule has 0 fully saturated rings. The smallest absolute Gasteiger partial charge is 0.101 e. The van der Waals surface area contributed by atoms with Crippen LogP contribution in [0, 0.1) is 69.8 Å². The predicted octanol–water partition coefficient (Wildman–Crippen LogP) is 7.89. The molecule has 0 saturated heterocycles. The van der Waals surface area contributed by atoms with Crippen molar-refractivity contribution in [2.24, 2.45) is 23.7 Å². The monoisotopic (exact) mass is 735 g/mol. The van der Waals surface area contributed by atoms with Gasteiger partial charge in [-0.2, -0.15) is 0 Å². The Morgan fingerprint density at radius 2 is 0.893 bits per heavy atom. The molecule has 158 valence electrons. The molecule has 1 aromatic rings. The van der Waals surface area contributed by atoms with Crippen LogP contribution in [0.2, 0.25) is 0 Å². The molecule has 3 heteroatoms. The topological polar surface area (TPSA) is 0 Å². The predicted molar refractivity (Wildman–Crippen MR) is 122 cm³/mol. The standard InChI is InChI=1S/C25H43S.2Hf/c1-12-16(3)18(5)14-26(15-19(6)17(4)13-2)25-23(10)21(8)20(7)22(9)24(25)11;;/h14-19H,12-13H2,1-11H3;;/q-1;;. The largest absolute Gasteiger partial charge is 0.288 e. The molecule has 1 aromatic carbocycles. The Morgan fingerprint density at radius 3 is 1.18 bits per heavy atom. The number of rotatable bonds is 9. The van der Waals surface area contributed by atoms with Crippen molar-refractivity contribution in [3.05, 3.63) is 39.3 Å². The molecule has 0 N–H and O–H groups in total. The Balaban J connectivity index is 0. The average Bonchev–Trinajstić information content (AvgIpc) is 2.62. The number of benzene rings is 1. The van der Waals surface area contributed by atoms with Crippen LogP contribution in [0.5, 0.6) is 0 Å². The van der Waals surface area contributed by atoms with Crippen molar-refractivity contribution < 1.29 is 51.7 Å². The second kappa shape index (κ2) is 14.4. The van der Waals surface area contributed by atoms with Gasteiger partial charge in [-0.1, -0.05) is 66.2 Å². The maximum absolute atomic E-state index is 2.66. The van der Waals surface area contributed by atoms with Gasteiger partial charge in [-0.05, 0) is 51.3 Å². The summed E-state index contributed by atoms with van der Waals surface area (Å²) >= 11 is 0. The van der Waals surface area contributed by atoms with Crippen LogP contribution >= 0.6 is 0 Å². The van der Waals surface area contributed by atoms with E-state index in [-0.39, 0.29) is 62.6 Å². The molecule has 0 radical (unpaired) electrons. The first-order chi connectivity index (χ1) is 12.1. The summed E-state index contributed by atoms with van der Waals surface area (Å²) in [5, 5.41) is 0. The molecule has 28 heavy (non-hydrogen) atoms. The van der Waals surface area contributed by atoms with Gasteiger partial charge in [0.2, 0.25) is 0 Å². The van der Waals surface area contributed by atoms with Crippen LogP contribution in [0.15, 0.2) is 4.90 Å². The van der Waals surface area contributed by atoms with Crippen molar-refractivity contribution in [3.63, 3.8) is 0 Å². The maximum atomic E-state index is 2.66. The van der Waals surface area contributed by atoms with Gasteiger partial charge in [-0.25, -0.2) is 0 Å². The fourth-order valence-electron chi connectivity index (χ4n) is 3.47. The summed E-state index contributed by atoms with van der Waals surface area (Å²) in [4.78, 5) is 1.59. The summed E-state index contributed by atoms with van der Waals surface area (Å²) in [5.74, 6) is 8.10. The normalized spacial score (nSPS) is 16.4. The Kier molecular flexibility index (Phi) is 16.2. The fourth-order valence-corrected chi connectivity index (χ4v) is 6.31. The van der Waals surface area contributed by atoms with Gasteiger partial charge in [0.1, 0.15) is 4.90 Å². The first-order valence-corrected chi connectivity index (χ1v) is 11.9. The van der Waals surface area contributed by atoms with E-state index < -0.39 is 0 Å². The molecule has 0 aliphatic carbocycles. The van der Waals surface area contributed by atoms with Crippen LogP contribution in [0.4, 0.5) is 0 Å². The molecule has 1 rings (SSSR count). The molecular weight excluding hydrogens is 689 g/mol. The molecule has 0 aliphatic heterocycles. The van der Waals surface area contributed by atoms with E-state index in [1.54, 1.807) is 4.90 Å². The van der Waals surface area contributed by atoms with Crippen LogP contribution in [-0.2, 0) is 62.6 Å². The molecule has 0 spiro atoms. The third kappa shape index (κ3) is 7.78. The third-order valence-corrected chi connectivity index (χ3v) is 9.50. The minimum absolute atomic E-state index is 0. The molecule has 0 saturated carbocycles. The summed E-state index contributed by atoms with van der Waals surface area (Å²) < 4.78 is 0. The minimum atomic E-state index is 0. The van der Waals surface area contributed by atoms with E-state index in [4.69, 9.17) is 0 Å². The Hall–Kier alpha value is 1.31. The zero-order valence-corrected chi connectivity index (χ0v) is 28.3. The third-order valence-electron chi connectivity index (χ3n) is 6.97. The van der Waals surface area contributed by atoms with Gasteiger partial charge in [-0.3, -0.25) is 10.9 Å². The van der Waals surface area contributed by atoms with E-state index in [2.05, 4.69) is 87.7 Å². The molecule has 0 aliphatic rings. The number of hydrogen-bond donors (Lipinski definition) is 0. The van der Waals surface area contributed by atoms with Gasteiger partial charge in [-0.15, -0.1) is 23.3 Å². The van der Waals surface area contributed by atoms with Gasteiger partial charge in [0, 0.05) is 62.8 Å². The van der Waals surface area contributed by atoms with E-state index in [9.17, 15) is 0 Å². The van der Waals surface area contributed by atoms with Crippen LogP contribution < -0.4 is 0 Å². The Morgan fingerprint density at radius 1 is 0.607 bits per heavy atom. The van der Waals surface area contributed by atoms with E-state index in [0.717, 1.165) is 11.8 Å². The molecule has 0 aromatic heterocycles. The quantitative estimate of drug-likeness (QED) is 0.138. The number of hydrogen-bond acceptors (Lipinski definition) is 0. The molecule has 0 nitrogen and oxygen atoms in total. The van der Waals surface area contributed by atoms with Crippen molar-refractivity contribution >= 4 is 10.9 Å². The van der Waals surface area contributed by atoms with Gasteiger partial charge in [0.25, 0.3) is 0 Å². The van der Waals surface area contributed by atoms with Crippen molar-refractivity contribution in [2.45, 2.75) is 93.9 Å². The second-order valence-corrected chi connectivity index (χ2v) is 10.3. The summed E-state index contributed by atoms with van der Waals surface area (Å²) in [5.41, 5.74) is 7.45. The second-order valence-electron chi connectivity index (χ2n) is 8.59. The van der Waals surface area contributed by atoms with Crippen LogP contribution in [0.25, 0.3) is 0 Å². The molecule has 0 bridgehead atoms. The molecule has 0 amide bonds. The van der Waals surface area contributed by atoms with Crippen LogP contribution in [-0.4, -0.2) is 0 Å². The average molecular weight is 733 g/mol. The summed E-state index contributed by atoms with van der Waals surface area (Å²) in [6, 6.07) is 0. The van der Waals surface area contributed by atoms with E-state index in [1.807, 2.05) is 0 Å². The van der Waals surface area contributed by atoms with Crippen molar-refractivity contribution in [1.29, 1.82) is 0 Å². The maximum Gasteiger partial charge on any atom is 0.101 e. The van der Waals surface area contributed by atoms with E-state index >= 15 is 0 Å². The molecule has 4 unspecified atom stereocenters. The van der Waals surface area contributed by atoms with E-state index in [0.29, 0.717) is 11.8 Å². The van der Waals surface area contributed by atoms with Gasteiger partial charge in [0.05, 0.1) is 0 Å². The first-order valence-electron chi connectivity index (χ1n) is 10.5. The van der Waals surface area contributed by atoms with Gasteiger partial charge in [0.15, 0.2) is 0 Å². The van der Waals surface area contributed by atoms with Crippen molar-refractivity contribution in [1.82, 2.24) is 0 Å². The SMILES string of the molecule is CCC(C)C(C)[CH-][S+]([CH-]C(C)C(C)CC)c1c(C)c(C)c(C)c(C)c1C.[Hf].[Hf]. The fraction of sp³-hybridized carbons (Fsp3) is 0.680. The Labute approximate surface area is 217 Å². The van der Waals surface area contributed by atoms with Gasteiger partial charge < -0.3 is 0 Å². The molecular formula is C25H43Hf2S-. The zero-order chi connectivity index (χ0) is 20.2. The van der Waals surface area contributed by atoms with Crippen molar-refractivity contribution in [3.8, 4) is 0 Å². The summed E-state index contributed by atoms with van der Waals surface area (Å²) in [6.45, 7) is 25.8. The van der Waals surface area contributed by atoms with E-state index in [1.165, 1.54) is 40.7 Å². The summed E-state index contributed by atoms with van der Waals surface area (Å²) in [6.07, 6.45) is 2.50. The van der Waals surface area contributed by atoms with Crippen LogP contribution in [0.1, 0.15) is 82.2 Å². The first kappa shape index (κ1) is 31.5. The Bertz CT molecular complexity index is 550. The van der Waals surface area contributed by atoms with Crippen molar-refractivity contribution in [2.75, 3.05) is 0 Å². The summed E-state index contributed by atoms with van der Waals surface area (Å²) in [7, 11) is 0.106. The zero-order valence-electron chi connectivity index (χ0n) is 20.3. The minimum Gasteiger partial charge on any atom is -0.288 e.